The van der Waals surface area contributed by atoms with E-state index in [2.05, 4.69) is 10.3 Å². The van der Waals surface area contributed by atoms with E-state index in [9.17, 15) is 15.0 Å². The van der Waals surface area contributed by atoms with E-state index in [1.807, 2.05) is 44.2 Å². The highest BCUT2D eigenvalue weighted by Crippen LogP contribution is 2.47. The van der Waals surface area contributed by atoms with Gasteiger partial charge in [0.1, 0.15) is 11.6 Å². The summed E-state index contributed by atoms with van der Waals surface area (Å²) >= 11 is 0. The molecule has 2 aliphatic carbocycles. The van der Waals surface area contributed by atoms with E-state index in [-0.39, 0.29) is 23.7 Å². The number of pyridine rings is 1. The maximum atomic E-state index is 15.2. The fraction of sp³-hybridized carbons (Fsp3) is 0.419. The molecule has 1 saturated carbocycles. The van der Waals surface area contributed by atoms with Crippen molar-refractivity contribution >= 4 is 11.7 Å². The summed E-state index contributed by atoms with van der Waals surface area (Å²) in [4.78, 5) is 15.6. The minimum atomic E-state index is -0.776. The fourth-order valence-corrected chi connectivity index (χ4v) is 5.65. The number of carboxylic acid groups (broad SMARTS) is 1. The standard InChI is InChI=1S/C31H35FN2O4/c1-17-13-20(38-12-11-31(3,4)37)14-18(2)28(17)21-6-8-25(32)29-22(21)7-10-27(29)34-19-5-9-26(33-16-19)23-15-24(23)30(35)36/h5-6,8-9,13-14,16,23-24,27,34,37H,7,10-12,15H2,1-4H3,(H,35,36)/t23-,24-,27?/m1/s1. The zero-order chi connectivity index (χ0) is 27.2. The zero-order valence-electron chi connectivity index (χ0n) is 22.3. The minimum Gasteiger partial charge on any atom is -0.493 e. The zero-order valence-corrected chi connectivity index (χ0v) is 22.3. The molecule has 3 N–H and O–H groups in total. The molecular weight excluding hydrogens is 483 g/mol. The summed E-state index contributed by atoms with van der Waals surface area (Å²) in [5.74, 6) is -0.573. The van der Waals surface area contributed by atoms with Gasteiger partial charge in [0, 0.05) is 23.6 Å². The summed E-state index contributed by atoms with van der Waals surface area (Å²) in [6.45, 7) is 8.06. The monoisotopic (exact) mass is 518 g/mol. The molecule has 1 heterocycles. The number of hydrogen-bond acceptors (Lipinski definition) is 5. The number of fused-ring (bicyclic) bond motifs is 1. The Morgan fingerprint density at radius 1 is 1.18 bits per heavy atom. The number of benzene rings is 2. The van der Waals surface area contributed by atoms with Gasteiger partial charge in [0.05, 0.1) is 36.1 Å². The minimum absolute atomic E-state index is 0.0152. The van der Waals surface area contributed by atoms with E-state index in [1.165, 1.54) is 0 Å². The van der Waals surface area contributed by atoms with Crippen LogP contribution in [0, 0.1) is 25.6 Å². The van der Waals surface area contributed by atoms with Gasteiger partial charge >= 0.3 is 5.97 Å². The van der Waals surface area contributed by atoms with Crippen molar-refractivity contribution in [3.05, 3.63) is 76.4 Å². The van der Waals surface area contributed by atoms with Gasteiger partial charge in [-0.15, -0.1) is 0 Å². The van der Waals surface area contributed by atoms with Gasteiger partial charge in [-0.1, -0.05) is 6.07 Å². The molecule has 3 aromatic rings. The lowest BCUT2D eigenvalue weighted by atomic mass is 9.90. The number of aliphatic hydroxyl groups is 1. The van der Waals surface area contributed by atoms with Crippen LogP contribution in [0.3, 0.4) is 0 Å². The van der Waals surface area contributed by atoms with Gasteiger partial charge in [0.15, 0.2) is 0 Å². The van der Waals surface area contributed by atoms with Crippen molar-refractivity contribution in [3.63, 3.8) is 0 Å². The Morgan fingerprint density at radius 3 is 2.53 bits per heavy atom. The van der Waals surface area contributed by atoms with Gasteiger partial charge < -0.3 is 20.3 Å². The molecular formula is C31H35FN2O4. The molecule has 0 spiro atoms. The number of aromatic nitrogens is 1. The number of halogens is 1. The Kier molecular flexibility index (Phi) is 6.90. The Hall–Kier alpha value is -3.45. The molecule has 5 rings (SSSR count). The van der Waals surface area contributed by atoms with E-state index >= 15 is 4.39 Å². The lowest BCUT2D eigenvalue weighted by Crippen LogP contribution is -2.21. The van der Waals surface area contributed by atoms with Crippen molar-refractivity contribution in [1.29, 1.82) is 0 Å². The van der Waals surface area contributed by atoms with Crippen LogP contribution in [-0.2, 0) is 11.2 Å². The van der Waals surface area contributed by atoms with Gasteiger partial charge in [-0.05, 0) is 105 Å². The summed E-state index contributed by atoms with van der Waals surface area (Å²) in [6.07, 6.45) is 4.42. The Morgan fingerprint density at radius 2 is 1.92 bits per heavy atom. The number of nitrogens with one attached hydrogen (secondary N) is 1. The molecule has 7 heteroatoms. The molecule has 1 unspecified atom stereocenters. The maximum Gasteiger partial charge on any atom is 0.307 e. The van der Waals surface area contributed by atoms with Crippen LogP contribution in [0.4, 0.5) is 10.1 Å². The van der Waals surface area contributed by atoms with Gasteiger partial charge in [-0.2, -0.15) is 0 Å². The van der Waals surface area contributed by atoms with Crippen molar-refractivity contribution in [2.24, 2.45) is 5.92 Å². The van der Waals surface area contributed by atoms with E-state index in [1.54, 1.807) is 26.1 Å². The van der Waals surface area contributed by atoms with Crippen LogP contribution in [-0.4, -0.2) is 33.4 Å². The summed E-state index contributed by atoms with van der Waals surface area (Å²) in [5.41, 5.74) is 6.81. The number of carboxylic acids is 1. The number of nitrogens with zero attached hydrogens (tertiary/aromatic N) is 1. The van der Waals surface area contributed by atoms with Crippen molar-refractivity contribution in [2.75, 3.05) is 11.9 Å². The van der Waals surface area contributed by atoms with Gasteiger partial charge in [-0.3, -0.25) is 9.78 Å². The highest BCUT2D eigenvalue weighted by molar-refractivity contribution is 5.77. The SMILES string of the molecule is Cc1cc(OCCC(C)(C)O)cc(C)c1-c1ccc(F)c2c1CCC2Nc1ccc([C@@H]2C[C@H]2C(=O)O)nc1. The van der Waals surface area contributed by atoms with E-state index in [4.69, 9.17) is 4.74 Å². The second kappa shape index (κ2) is 10.0. The molecule has 1 fully saturated rings. The third-order valence-electron chi connectivity index (χ3n) is 7.71. The Balaban J connectivity index is 1.36. The van der Waals surface area contributed by atoms with Crippen molar-refractivity contribution in [1.82, 2.24) is 4.98 Å². The summed E-state index contributed by atoms with van der Waals surface area (Å²) in [5, 5.41) is 22.6. The predicted octanol–water partition coefficient (Wildman–Crippen LogP) is 6.33. The van der Waals surface area contributed by atoms with Crippen LogP contribution in [0.2, 0.25) is 0 Å². The smallest absolute Gasteiger partial charge is 0.307 e. The third-order valence-corrected chi connectivity index (χ3v) is 7.71. The summed E-state index contributed by atoms with van der Waals surface area (Å²) in [7, 11) is 0. The van der Waals surface area contributed by atoms with Gasteiger partial charge in [0.25, 0.3) is 0 Å². The third kappa shape index (κ3) is 5.39. The Bertz CT molecular complexity index is 1340. The maximum absolute atomic E-state index is 15.2. The number of hydrogen-bond donors (Lipinski definition) is 3. The predicted molar refractivity (Wildman–Crippen MR) is 145 cm³/mol. The highest BCUT2D eigenvalue weighted by atomic mass is 19.1. The molecule has 0 aliphatic heterocycles. The first-order valence-electron chi connectivity index (χ1n) is 13.2. The fourth-order valence-electron chi connectivity index (χ4n) is 5.65. The molecule has 6 nitrogen and oxygen atoms in total. The normalized spacial score (nSPS) is 20.2. The second-order valence-corrected chi connectivity index (χ2v) is 11.3. The average molecular weight is 519 g/mol. The highest BCUT2D eigenvalue weighted by Gasteiger charge is 2.45. The van der Waals surface area contributed by atoms with E-state index in [0.29, 0.717) is 25.0 Å². The lowest BCUT2D eigenvalue weighted by molar-refractivity contribution is -0.138. The van der Waals surface area contributed by atoms with Crippen LogP contribution < -0.4 is 10.1 Å². The number of anilines is 1. The topological polar surface area (TPSA) is 91.7 Å². The quantitative estimate of drug-likeness (QED) is 0.307. The van der Waals surface area contributed by atoms with Crippen LogP contribution >= 0.6 is 0 Å². The molecule has 200 valence electrons. The van der Waals surface area contributed by atoms with Crippen molar-refractivity contribution < 1.29 is 24.1 Å². The molecule has 3 atom stereocenters. The summed E-state index contributed by atoms with van der Waals surface area (Å²) in [6, 6.07) is 11.1. The molecule has 0 saturated heterocycles. The second-order valence-electron chi connectivity index (χ2n) is 11.3. The van der Waals surface area contributed by atoms with Crippen molar-refractivity contribution in [2.45, 2.75) is 70.9 Å². The first kappa shape index (κ1) is 26.2. The molecule has 38 heavy (non-hydrogen) atoms. The molecule has 2 aliphatic rings. The Labute approximate surface area is 222 Å². The molecule has 0 amide bonds. The number of aryl methyl sites for hydroxylation is 2. The number of rotatable bonds is 9. The van der Waals surface area contributed by atoms with E-state index in [0.717, 1.165) is 57.8 Å². The number of carbonyl (C=O) groups is 1. The first-order chi connectivity index (χ1) is 18.0. The van der Waals surface area contributed by atoms with Gasteiger partial charge in [0.2, 0.25) is 0 Å². The molecule has 0 bridgehead atoms. The van der Waals surface area contributed by atoms with Gasteiger partial charge in [-0.25, -0.2) is 4.39 Å². The largest absolute Gasteiger partial charge is 0.493 e. The van der Waals surface area contributed by atoms with Crippen LogP contribution in [0.1, 0.15) is 73.0 Å². The first-order valence-corrected chi connectivity index (χ1v) is 13.2. The number of aliphatic carboxylic acids is 1. The van der Waals surface area contributed by atoms with Crippen LogP contribution in [0.15, 0.2) is 42.6 Å². The summed E-state index contributed by atoms with van der Waals surface area (Å²) < 4.78 is 21.1. The lowest BCUT2D eigenvalue weighted by Gasteiger charge is -2.20. The van der Waals surface area contributed by atoms with Crippen LogP contribution in [0.25, 0.3) is 11.1 Å². The number of ether oxygens (including phenoxy) is 1. The van der Waals surface area contributed by atoms with Crippen LogP contribution in [0.5, 0.6) is 5.75 Å². The molecule has 2 aromatic carbocycles. The van der Waals surface area contributed by atoms with Crippen molar-refractivity contribution in [3.8, 4) is 16.9 Å². The average Bonchev–Trinajstić information content (AvgIpc) is 3.54. The molecule has 0 radical (unpaired) electrons. The van der Waals surface area contributed by atoms with E-state index < -0.39 is 11.6 Å². The molecule has 1 aromatic heterocycles.